The maximum Gasteiger partial charge on any atom is 1.00 e. The predicted octanol–water partition coefficient (Wildman–Crippen LogP) is -4.28. The average Bonchev–Trinajstić information content (AvgIpc) is 2.05. The maximum atomic E-state index is 9.77. The first-order valence-corrected chi connectivity index (χ1v) is 2.99. The van der Waals surface area contributed by atoms with Gasteiger partial charge in [-0.05, 0) is 0 Å². The third-order valence-electron chi connectivity index (χ3n) is 0.805. The minimum absolute atomic E-state index is 0. The third kappa shape index (κ3) is 8.82. The quantitative estimate of drug-likeness (QED) is 0.281. The van der Waals surface area contributed by atoms with E-state index in [-0.39, 0.29) is 51.4 Å². The van der Waals surface area contributed by atoms with Crippen molar-refractivity contribution >= 4 is 11.9 Å². The van der Waals surface area contributed by atoms with E-state index >= 15 is 0 Å². The first-order chi connectivity index (χ1) is 5.46. The van der Waals surface area contributed by atoms with Gasteiger partial charge in [-0.25, -0.2) is 9.59 Å². The molecule has 6 nitrogen and oxygen atoms in total. The molecule has 0 aliphatic rings. The second-order valence-electron chi connectivity index (χ2n) is 1.57. The van der Waals surface area contributed by atoms with Crippen LogP contribution in [-0.4, -0.2) is 44.6 Å². The van der Waals surface area contributed by atoms with Gasteiger partial charge in [-0.3, -0.25) is 0 Å². The van der Waals surface area contributed by atoms with Gasteiger partial charge in [0.15, 0.2) is 12.2 Å². The molecule has 0 aromatic heterocycles. The minimum atomic E-state index is -2.27. The molecule has 0 spiro atoms. The second kappa shape index (κ2) is 10.6. The maximum absolute atomic E-state index is 9.77. The Labute approximate surface area is 118 Å². The zero-order chi connectivity index (χ0) is 10.3. The van der Waals surface area contributed by atoms with Crippen molar-refractivity contribution in [2.45, 2.75) is 19.1 Å². The van der Waals surface area contributed by atoms with Crippen molar-refractivity contribution in [2.24, 2.45) is 0 Å². The van der Waals surface area contributed by atoms with Crippen molar-refractivity contribution in [3.05, 3.63) is 6.92 Å². The van der Waals surface area contributed by atoms with Crippen molar-refractivity contribution < 1.29 is 81.4 Å². The van der Waals surface area contributed by atoms with Gasteiger partial charge >= 0.3 is 63.3 Å². The minimum Gasteiger partial charge on any atom is -0.479 e. The molecule has 0 fully saturated rings. The molecule has 0 saturated carbocycles. The standard InChI is InChI=1S/C4H6O6.C2H5.K/c5-1(3(7)8)2(6)4(9)10;1-2;/h1-2,5-6H,(H,7,8)(H,9,10);1H2,2H3;/q;-1;+1. The fourth-order valence-corrected chi connectivity index (χ4v) is 0.270. The summed E-state index contributed by atoms with van der Waals surface area (Å²) in [6.07, 6.45) is -4.53. The number of aliphatic hydroxyl groups is 2. The van der Waals surface area contributed by atoms with Crippen molar-refractivity contribution in [1.29, 1.82) is 0 Å². The summed E-state index contributed by atoms with van der Waals surface area (Å²) in [5.74, 6) is -3.54. The van der Waals surface area contributed by atoms with Gasteiger partial charge in [0, 0.05) is 0 Å². The summed E-state index contributed by atoms with van der Waals surface area (Å²) in [5, 5.41) is 32.5. The summed E-state index contributed by atoms with van der Waals surface area (Å²) in [4.78, 5) is 19.5. The fourth-order valence-electron chi connectivity index (χ4n) is 0.270. The first-order valence-electron chi connectivity index (χ1n) is 2.99. The smallest absolute Gasteiger partial charge is 0.479 e. The van der Waals surface area contributed by atoms with E-state index in [0.717, 1.165) is 0 Å². The Morgan fingerprint density at radius 3 is 1.23 bits per heavy atom. The van der Waals surface area contributed by atoms with Crippen LogP contribution in [0.2, 0.25) is 0 Å². The van der Waals surface area contributed by atoms with Crippen LogP contribution in [0.15, 0.2) is 0 Å². The normalized spacial score (nSPS) is 12.6. The van der Waals surface area contributed by atoms with E-state index in [1.165, 1.54) is 0 Å². The van der Waals surface area contributed by atoms with Gasteiger partial charge in [0.05, 0.1) is 0 Å². The second-order valence-corrected chi connectivity index (χ2v) is 1.57. The SMILES string of the molecule is O=C(O)C(O)C(O)C(=O)O.[CH2-]C.[K+]. The van der Waals surface area contributed by atoms with Gasteiger partial charge < -0.3 is 27.3 Å². The molecule has 2 unspecified atom stereocenters. The average molecular weight is 218 g/mol. The van der Waals surface area contributed by atoms with Crippen molar-refractivity contribution in [2.75, 3.05) is 0 Å². The van der Waals surface area contributed by atoms with Crippen molar-refractivity contribution in [1.82, 2.24) is 0 Å². The molecule has 0 heterocycles. The van der Waals surface area contributed by atoms with Crippen molar-refractivity contribution in [3.8, 4) is 0 Å². The molecule has 0 aromatic rings. The van der Waals surface area contributed by atoms with E-state index < -0.39 is 24.1 Å². The monoisotopic (exact) mass is 218 g/mol. The molecule has 72 valence electrons. The fraction of sp³-hybridized carbons (Fsp3) is 0.500. The van der Waals surface area contributed by atoms with Crippen LogP contribution in [0.4, 0.5) is 0 Å². The number of rotatable bonds is 3. The largest absolute Gasteiger partial charge is 1.00 e. The Kier molecular flexibility index (Phi) is 15.6. The summed E-state index contributed by atoms with van der Waals surface area (Å²) in [7, 11) is 0. The molecule has 0 amide bonds. The van der Waals surface area contributed by atoms with Crippen LogP contribution >= 0.6 is 0 Å². The van der Waals surface area contributed by atoms with Gasteiger partial charge in [-0.2, -0.15) is 6.92 Å². The molecule has 7 heteroatoms. The summed E-state index contributed by atoms with van der Waals surface area (Å²) >= 11 is 0. The molecule has 2 atom stereocenters. The van der Waals surface area contributed by atoms with Crippen LogP contribution in [-0.2, 0) is 9.59 Å². The molecule has 0 bridgehead atoms. The third-order valence-corrected chi connectivity index (χ3v) is 0.805. The summed E-state index contributed by atoms with van der Waals surface area (Å²) in [5.41, 5.74) is 0. The molecule has 13 heavy (non-hydrogen) atoms. The number of aliphatic hydroxyl groups excluding tert-OH is 2. The van der Waals surface area contributed by atoms with E-state index in [0.29, 0.717) is 0 Å². The number of carboxylic acid groups (broad SMARTS) is 2. The van der Waals surface area contributed by atoms with E-state index in [4.69, 9.17) is 20.4 Å². The van der Waals surface area contributed by atoms with Gasteiger partial charge in [-0.15, -0.1) is 0 Å². The van der Waals surface area contributed by atoms with Crippen LogP contribution in [0.3, 0.4) is 0 Å². The Balaban J connectivity index is -0.000000309. The zero-order valence-electron chi connectivity index (χ0n) is 7.47. The molecular formula is C6H11KO6. The van der Waals surface area contributed by atoms with E-state index in [9.17, 15) is 9.59 Å². The number of hydrogen-bond acceptors (Lipinski definition) is 4. The van der Waals surface area contributed by atoms with Gasteiger partial charge in [0.1, 0.15) is 0 Å². The van der Waals surface area contributed by atoms with Crippen LogP contribution in [0, 0.1) is 6.92 Å². The number of carboxylic acids is 2. The summed E-state index contributed by atoms with van der Waals surface area (Å²) < 4.78 is 0. The van der Waals surface area contributed by atoms with Gasteiger partial charge in [0.2, 0.25) is 0 Å². The van der Waals surface area contributed by atoms with Crippen LogP contribution < -0.4 is 51.4 Å². The van der Waals surface area contributed by atoms with E-state index in [2.05, 4.69) is 6.92 Å². The zero-order valence-corrected chi connectivity index (χ0v) is 10.6. The van der Waals surface area contributed by atoms with E-state index in [1.54, 1.807) is 6.92 Å². The number of aliphatic carboxylic acids is 2. The topological polar surface area (TPSA) is 115 Å². The Morgan fingerprint density at radius 1 is 1.00 bits per heavy atom. The van der Waals surface area contributed by atoms with Crippen LogP contribution in [0.5, 0.6) is 0 Å². The van der Waals surface area contributed by atoms with E-state index in [1.807, 2.05) is 0 Å². The Bertz CT molecular complexity index is 141. The van der Waals surface area contributed by atoms with Gasteiger partial charge in [-0.1, -0.05) is 0 Å². The number of hydrogen-bond donors (Lipinski definition) is 4. The molecule has 0 aromatic carbocycles. The summed E-state index contributed by atoms with van der Waals surface area (Å²) in [6, 6.07) is 0. The molecule has 0 aliphatic heterocycles. The number of carbonyl (C=O) groups is 2. The molecule has 0 aliphatic carbocycles. The molecule has 0 saturated heterocycles. The van der Waals surface area contributed by atoms with Gasteiger partial charge in [0.25, 0.3) is 0 Å². The Hall–Kier alpha value is 0.496. The Morgan fingerprint density at radius 2 is 1.15 bits per heavy atom. The molecular weight excluding hydrogens is 207 g/mol. The molecule has 0 rings (SSSR count). The predicted molar refractivity (Wildman–Crippen MR) is 38.3 cm³/mol. The summed E-state index contributed by atoms with van der Waals surface area (Å²) in [6.45, 7) is 5.00. The van der Waals surface area contributed by atoms with Crippen LogP contribution in [0.25, 0.3) is 0 Å². The first kappa shape index (κ1) is 19.1. The molecule has 0 radical (unpaired) electrons. The van der Waals surface area contributed by atoms with Crippen LogP contribution in [0.1, 0.15) is 6.92 Å². The molecule has 4 N–H and O–H groups in total. The van der Waals surface area contributed by atoms with Crippen molar-refractivity contribution in [3.63, 3.8) is 0 Å².